The number of amides is 1. The van der Waals surface area contributed by atoms with Gasteiger partial charge < -0.3 is 4.90 Å². The zero-order valence-corrected chi connectivity index (χ0v) is 13.5. The van der Waals surface area contributed by atoms with E-state index in [0.717, 1.165) is 30.4 Å². The fourth-order valence-corrected chi connectivity index (χ4v) is 3.29. The Bertz CT molecular complexity index is 865. The average Bonchev–Trinajstić information content (AvgIpc) is 2.57. The molecule has 1 aliphatic heterocycles. The van der Waals surface area contributed by atoms with Gasteiger partial charge in [0.2, 0.25) is 5.91 Å². The van der Waals surface area contributed by atoms with Crippen LogP contribution in [0, 0.1) is 0 Å². The smallest absolute Gasteiger partial charge is 0.331 e. The van der Waals surface area contributed by atoms with Gasteiger partial charge in [-0.25, -0.2) is 4.79 Å². The molecule has 0 radical (unpaired) electrons. The summed E-state index contributed by atoms with van der Waals surface area (Å²) in [5.41, 5.74) is -0.272. The van der Waals surface area contributed by atoms with Crippen molar-refractivity contribution in [1.82, 2.24) is 14.0 Å². The number of likely N-dealkylation sites (tertiary alicyclic amines) is 1. The Morgan fingerprint density at radius 3 is 2.70 bits per heavy atom. The molecule has 1 saturated heterocycles. The summed E-state index contributed by atoms with van der Waals surface area (Å²) in [5.74, 6) is -0.0666. The predicted octanol–water partition coefficient (Wildman–Crippen LogP) is 1.10. The first kappa shape index (κ1) is 15.5. The number of carbonyl (C=O) groups excluding carboxylic acids is 1. The summed E-state index contributed by atoms with van der Waals surface area (Å²) in [4.78, 5) is 39.1. The van der Waals surface area contributed by atoms with Crippen molar-refractivity contribution < 1.29 is 4.79 Å². The van der Waals surface area contributed by atoms with Gasteiger partial charge >= 0.3 is 5.69 Å². The molecular formula is C17H21N3O3. The molecule has 1 aromatic heterocycles. The first-order chi connectivity index (χ1) is 11.0. The van der Waals surface area contributed by atoms with Crippen molar-refractivity contribution in [2.24, 2.45) is 7.05 Å². The summed E-state index contributed by atoms with van der Waals surface area (Å²) >= 11 is 0. The maximum absolute atomic E-state index is 12.6. The number of para-hydroxylation sites is 1. The zero-order chi connectivity index (χ0) is 16.6. The molecule has 2 heterocycles. The third-order valence-electron chi connectivity index (χ3n) is 4.66. The lowest BCUT2D eigenvalue weighted by atomic mass is 10.0. The largest absolute Gasteiger partial charge is 0.338 e. The molecular weight excluding hydrogens is 294 g/mol. The van der Waals surface area contributed by atoms with Gasteiger partial charge in [-0.15, -0.1) is 0 Å². The summed E-state index contributed by atoms with van der Waals surface area (Å²) in [6.45, 7) is 2.74. The Morgan fingerprint density at radius 1 is 1.22 bits per heavy atom. The topological polar surface area (TPSA) is 64.3 Å². The van der Waals surface area contributed by atoms with Crippen LogP contribution in [0.15, 0.2) is 33.9 Å². The Kier molecular flexibility index (Phi) is 4.07. The molecule has 6 nitrogen and oxygen atoms in total. The highest BCUT2D eigenvalue weighted by Gasteiger charge is 2.24. The van der Waals surface area contributed by atoms with Gasteiger partial charge in [0, 0.05) is 19.6 Å². The highest BCUT2D eigenvalue weighted by atomic mass is 16.2. The molecule has 1 aromatic carbocycles. The summed E-state index contributed by atoms with van der Waals surface area (Å²) in [6.07, 6.45) is 3.13. The molecule has 0 saturated carbocycles. The van der Waals surface area contributed by atoms with Crippen LogP contribution < -0.4 is 11.2 Å². The van der Waals surface area contributed by atoms with Gasteiger partial charge in [-0.1, -0.05) is 12.1 Å². The zero-order valence-electron chi connectivity index (χ0n) is 13.5. The second-order valence-electron chi connectivity index (χ2n) is 6.18. The van der Waals surface area contributed by atoms with Gasteiger partial charge in [0.1, 0.15) is 6.54 Å². The number of rotatable bonds is 2. The minimum atomic E-state index is -0.452. The fourth-order valence-electron chi connectivity index (χ4n) is 3.29. The molecule has 1 fully saturated rings. The number of carbonyl (C=O) groups is 1. The molecule has 1 aliphatic rings. The van der Waals surface area contributed by atoms with Crippen molar-refractivity contribution in [3.05, 3.63) is 45.1 Å². The van der Waals surface area contributed by atoms with E-state index in [1.807, 2.05) is 11.8 Å². The molecule has 0 bridgehead atoms. The van der Waals surface area contributed by atoms with Crippen LogP contribution in [0.3, 0.4) is 0 Å². The van der Waals surface area contributed by atoms with Crippen LogP contribution in [0.5, 0.6) is 0 Å². The van der Waals surface area contributed by atoms with E-state index in [4.69, 9.17) is 0 Å². The molecule has 1 amide bonds. The molecule has 3 rings (SSSR count). The molecule has 6 heteroatoms. The normalized spacial score (nSPS) is 18.3. The molecule has 23 heavy (non-hydrogen) atoms. The Balaban J connectivity index is 2.05. The maximum Gasteiger partial charge on any atom is 0.331 e. The number of benzene rings is 1. The Hall–Kier alpha value is -2.37. The minimum Gasteiger partial charge on any atom is -0.338 e. The maximum atomic E-state index is 12.6. The van der Waals surface area contributed by atoms with Gasteiger partial charge in [-0.05, 0) is 38.3 Å². The molecule has 122 valence electrons. The molecule has 2 aromatic rings. The summed E-state index contributed by atoms with van der Waals surface area (Å²) in [7, 11) is 1.45. The van der Waals surface area contributed by atoms with E-state index in [-0.39, 0.29) is 24.1 Å². The van der Waals surface area contributed by atoms with E-state index in [1.54, 1.807) is 24.3 Å². The number of fused-ring (bicyclic) bond motifs is 1. The van der Waals surface area contributed by atoms with E-state index < -0.39 is 5.69 Å². The number of piperidine rings is 1. The summed E-state index contributed by atoms with van der Waals surface area (Å²) in [6, 6.07) is 7.12. The third kappa shape index (κ3) is 2.69. The van der Waals surface area contributed by atoms with E-state index >= 15 is 0 Å². The number of nitrogens with zero attached hydrogens (tertiary/aromatic N) is 3. The lowest BCUT2D eigenvalue weighted by molar-refractivity contribution is -0.135. The summed E-state index contributed by atoms with van der Waals surface area (Å²) < 4.78 is 2.47. The SMILES string of the molecule is C[C@H]1CCCCN1C(=O)Cn1c(=O)n(C)c(=O)c2ccccc21. The van der Waals surface area contributed by atoms with Crippen LogP contribution in [0.25, 0.3) is 10.9 Å². The van der Waals surface area contributed by atoms with Crippen molar-refractivity contribution >= 4 is 16.8 Å². The van der Waals surface area contributed by atoms with Crippen molar-refractivity contribution in [3.63, 3.8) is 0 Å². The van der Waals surface area contributed by atoms with Crippen LogP contribution in [0.2, 0.25) is 0 Å². The first-order valence-corrected chi connectivity index (χ1v) is 7.98. The molecule has 0 spiro atoms. The molecule has 0 unspecified atom stereocenters. The molecule has 1 atom stereocenters. The van der Waals surface area contributed by atoms with Gasteiger partial charge in [0.25, 0.3) is 5.56 Å². The monoisotopic (exact) mass is 315 g/mol. The highest BCUT2D eigenvalue weighted by Crippen LogP contribution is 2.17. The quantitative estimate of drug-likeness (QED) is 0.833. The average molecular weight is 315 g/mol. The van der Waals surface area contributed by atoms with E-state index in [9.17, 15) is 14.4 Å². The minimum absolute atomic E-state index is 0.0300. The van der Waals surface area contributed by atoms with Crippen molar-refractivity contribution in [2.75, 3.05) is 6.54 Å². The van der Waals surface area contributed by atoms with Gasteiger partial charge in [0.15, 0.2) is 0 Å². The van der Waals surface area contributed by atoms with E-state index in [2.05, 4.69) is 0 Å². The van der Waals surface area contributed by atoms with Crippen molar-refractivity contribution in [1.29, 1.82) is 0 Å². The van der Waals surface area contributed by atoms with E-state index in [0.29, 0.717) is 10.9 Å². The number of aromatic nitrogens is 2. The summed E-state index contributed by atoms with van der Waals surface area (Å²) in [5, 5.41) is 0.453. The number of hydrogen-bond donors (Lipinski definition) is 0. The lowest BCUT2D eigenvalue weighted by Gasteiger charge is -2.33. The van der Waals surface area contributed by atoms with Gasteiger partial charge in [0.05, 0.1) is 10.9 Å². The van der Waals surface area contributed by atoms with Crippen LogP contribution in [-0.4, -0.2) is 32.5 Å². The van der Waals surface area contributed by atoms with Crippen LogP contribution in [-0.2, 0) is 18.4 Å². The molecule has 0 aliphatic carbocycles. The van der Waals surface area contributed by atoms with Crippen molar-refractivity contribution in [2.45, 2.75) is 38.8 Å². The van der Waals surface area contributed by atoms with Crippen molar-refractivity contribution in [3.8, 4) is 0 Å². The standard InChI is InChI=1S/C17H21N3O3/c1-12-7-5-6-10-19(12)15(21)11-20-14-9-4-3-8-13(14)16(22)18(2)17(20)23/h3-4,8-9,12H,5-7,10-11H2,1-2H3/t12-/m0/s1. The number of hydrogen-bond acceptors (Lipinski definition) is 3. The first-order valence-electron chi connectivity index (χ1n) is 7.98. The van der Waals surface area contributed by atoms with E-state index in [1.165, 1.54) is 11.6 Å². The van der Waals surface area contributed by atoms with Crippen LogP contribution >= 0.6 is 0 Å². The Labute approximate surface area is 133 Å². The second-order valence-corrected chi connectivity index (χ2v) is 6.18. The third-order valence-corrected chi connectivity index (χ3v) is 4.66. The van der Waals surface area contributed by atoms with Crippen LogP contribution in [0.4, 0.5) is 0 Å². The second kappa shape index (κ2) is 6.02. The highest BCUT2D eigenvalue weighted by molar-refractivity contribution is 5.81. The van der Waals surface area contributed by atoms with Crippen LogP contribution in [0.1, 0.15) is 26.2 Å². The predicted molar refractivity (Wildman–Crippen MR) is 88.5 cm³/mol. The molecule has 0 N–H and O–H groups in total. The lowest BCUT2D eigenvalue weighted by Crippen LogP contribution is -2.46. The van der Waals surface area contributed by atoms with Gasteiger partial charge in [-0.3, -0.25) is 18.7 Å². The fraction of sp³-hybridized carbons (Fsp3) is 0.471. The van der Waals surface area contributed by atoms with Gasteiger partial charge in [-0.2, -0.15) is 0 Å². The Morgan fingerprint density at radius 2 is 1.96 bits per heavy atom.